The van der Waals surface area contributed by atoms with Gasteiger partial charge in [-0.15, -0.1) is 0 Å². The molecule has 0 amide bonds. The summed E-state index contributed by atoms with van der Waals surface area (Å²) in [5.74, 6) is 0.781. The van der Waals surface area contributed by atoms with Crippen molar-refractivity contribution in [2.45, 2.75) is 46.1 Å². The third kappa shape index (κ3) is 2.48. The summed E-state index contributed by atoms with van der Waals surface area (Å²) < 4.78 is 0. The smallest absolute Gasteiger partial charge is 0.254 e. The fraction of sp³-hybridized carbons (Fsp3) is 0.714. The Labute approximate surface area is 108 Å². The minimum absolute atomic E-state index is 0.0523. The first-order chi connectivity index (χ1) is 8.30. The van der Waals surface area contributed by atoms with E-state index < -0.39 is 0 Å². The topological polar surface area (TPSA) is 49.0 Å². The lowest BCUT2D eigenvalue weighted by atomic mass is 9.76. The SMILES string of the molecule is CC(c1nc2c(c(=O)[nH]1)CC(C)(C)CC2)N(C)C. The number of hydrogen-bond acceptors (Lipinski definition) is 3. The van der Waals surface area contributed by atoms with Gasteiger partial charge in [0.05, 0.1) is 11.7 Å². The van der Waals surface area contributed by atoms with Crippen LogP contribution < -0.4 is 5.56 Å². The highest BCUT2D eigenvalue weighted by molar-refractivity contribution is 5.23. The fourth-order valence-electron chi connectivity index (χ4n) is 2.42. The molecule has 0 radical (unpaired) electrons. The summed E-state index contributed by atoms with van der Waals surface area (Å²) in [5.41, 5.74) is 2.16. The lowest BCUT2D eigenvalue weighted by molar-refractivity contribution is 0.295. The lowest BCUT2D eigenvalue weighted by Gasteiger charge is -2.30. The molecule has 0 aliphatic heterocycles. The van der Waals surface area contributed by atoms with E-state index in [9.17, 15) is 4.79 Å². The van der Waals surface area contributed by atoms with Gasteiger partial charge in [-0.25, -0.2) is 4.98 Å². The number of H-pyrrole nitrogens is 1. The molecule has 100 valence electrons. The predicted octanol–water partition coefficient (Wildman–Crippen LogP) is 1.91. The highest BCUT2D eigenvalue weighted by Gasteiger charge is 2.29. The van der Waals surface area contributed by atoms with Gasteiger partial charge in [0.25, 0.3) is 5.56 Å². The van der Waals surface area contributed by atoms with Crippen LogP contribution in [0.3, 0.4) is 0 Å². The molecule has 1 unspecified atom stereocenters. The van der Waals surface area contributed by atoms with Crippen molar-refractivity contribution in [3.63, 3.8) is 0 Å². The number of aromatic amines is 1. The zero-order valence-corrected chi connectivity index (χ0v) is 12.0. The summed E-state index contributed by atoms with van der Waals surface area (Å²) in [6, 6.07) is 0.137. The quantitative estimate of drug-likeness (QED) is 0.871. The number of aromatic nitrogens is 2. The number of fused-ring (bicyclic) bond motifs is 1. The Bertz CT molecular complexity index is 502. The largest absolute Gasteiger partial charge is 0.309 e. The maximum atomic E-state index is 12.2. The number of aryl methyl sites for hydroxylation is 1. The summed E-state index contributed by atoms with van der Waals surface area (Å²) in [6.07, 6.45) is 2.85. The van der Waals surface area contributed by atoms with Gasteiger partial charge in [-0.1, -0.05) is 13.8 Å². The van der Waals surface area contributed by atoms with Crippen molar-refractivity contribution in [2.75, 3.05) is 14.1 Å². The van der Waals surface area contributed by atoms with Crippen LogP contribution in [-0.2, 0) is 12.8 Å². The number of hydrogen-bond donors (Lipinski definition) is 1. The Morgan fingerprint density at radius 3 is 2.67 bits per heavy atom. The first kappa shape index (κ1) is 13.3. The van der Waals surface area contributed by atoms with E-state index in [1.807, 2.05) is 14.1 Å². The van der Waals surface area contributed by atoms with E-state index in [4.69, 9.17) is 0 Å². The van der Waals surface area contributed by atoms with Crippen LogP contribution >= 0.6 is 0 Å². The molecule has 18 heavy (non-hydrogen) atoms. The molecule has 4 heteroatoms. The fourth-order valence-corrected chi connectivity index (χ4v) is 2.42. The van der Waals surface area contributed by atoms with E-state index in [0.29, 0.717) is 0 Å². The Kier molecular flexibility index (Phi) is 3.32. The van der Waals surface area contributed by atoms with Crippen LogP contribution in [0.25, 0.3) is 0 Å². The van der Waals surface area contributed by atoms with E-state index in [2.05, 4.69) is 35.6 Å². The second kappa shape index (κ2) is 4.50. The summed E-state index contributed by atoms with van der Waals surface area (Å²) >= 11 is 0. The highest BCUT2D eigenvalue weighted by atomic mass is 16.1. The van der Waals surface area contributed by atoms with Crippen LogP contribution in [0, 0.1) is 5.41 Å². The third-order valence-corrected chi connectivity index (χ3v) is 3.98. The average molecular weight is 249 g/mol. The second-order valence-corrected chi connectivity index (χ2v) is 6.36. The highest BCUT2D eigenvalue weighted by Crippen LogP contribution is 2.32. The summed E-state index contributed by atoms with van der Waals surface area (Å²) in [6.45, 7) is 6.48. The average Bonchev–Trinajstić information content (AvgIpc) is 2.28. The molecular formula is C14H23N3O. The van der Waals surface area contributed by atoms with Crippen LogP contribution in [0.2, 0.25) is 0 Å². The van der Waals surface area contributed by atoms with Crippen LogP contribution in [0.5, 0.6) is 0 Å². The molecule has 1 N–H and O–H groups in total. The molecule has 1 aliphatic carbocycles. The maximum Gasteiger partial charge on any atom is 0.254 e. The van der Waals surface area contributed by atoms with Gasteiger partial charge in [0.15, 0.2) is 0 Å². The molecule has 1 aliphatic rings. The van der Waals surface area contributed by atoms with Gasteiger partial charge in [0, 0.05) is 5.56 Å². The molecule has 2 rings (SSSR count). The standard InChI is InChI=1S/C14H23N3O/c1-9(17(4)5)12-15-11-6-7-14(2,3)8-10(11)13(18)16-12/h9H,6-8H2,1-5H3,(H,15,16,18). The zero-order valence-electron chi connectivity index (χ0n) is 12.0. The summed E-state index contributed by atoms with van der Waals surface area (Å²) in [7, 11) is 3.99. The van der Waals surface area contributed by atoms with Gasteiger partial charge in [-0.2, -0.15) is 0 Å². The normalized spacial score (nSPS) is 19.7. The maximum absolute atomic E-state index is 12.2. The van der Waals surface area contributed by atoms with Gasteiger partial charge in [0.2, 0.25) is 0 Å². The van der Waals surface area contributed by atoms with E-state index in [1.54, 1.807) is 0 Å². The first-order valence-corrected chi connectivity index (χ1v) is 6.58. The minimum atomic E-state index is 0.0523. The minimum Gasteiger partial charge on any atom is -0.309 e. The van der Waals surface area contributed by atoms with Gasteiger partial charge >= 0.3 is 0 Å². The van der Waals surface area contributed by atoms with Crippen molar-refractivity contribution in [2.24, 2.45) is 5.41 Å². The van der Waals surface area contributed by atoms with Crippen molar-refractivity contribution in [3.8, 4) is 0 Å². The van der Waals surface area contributed by atoms with Gasteiger partial charge < -0.3 is 4.98 Å². The van der Waals surface area contributed by atoms with E-state index in [0.717, 1.165) is 36.3 Å². The van der Waals surface area contributed by atoms with E-state index in [-0.39, 0.29) is 17.0 Å². The summed E-state index contributed by atoms with van der Waals surface area (Å²) in [4.78, 5) is 21.8. The van der Waals surface area contributed by atoms with E-state index in [1.165, 1.54) is 0 Å². The first-order valence-electron chi connectivity index (χ1n) is 6.58. The Balaban J connectivity index is 2.43. The van der Waals surface area contributed by atoms with Crippen molar-refractivity contribution in [3.05, 3.63) is 27.4 Å². The molecule has 4 nitrogen and oxygen atoms in total. The zero-order chi connectivity index (χ0) is 13.5. The Hall–Kier alpha value is -1.16. The van der Waals surface area contributed by atoms with Crippen LogP contribution in [0.4, 0.5) is 0 Å². The summed E-state index contributed by atoms with van der Waals surface area (Å²) in [5, 5.41) is 0. The molecule has 1 heterocycles. The van der Waals surface area contributed by atoms with Crippen molar-refractivity contribution in [1.82, 2.24) is 14.9 Å². The van der Waals surface area contributed by atoms with Gasteiger partial charge in [-0.3, -0.25) is 9.69 Å². The predicted molar refractivity (Wildman–Crippen MR) is 72.8 cm³/mol. The number of rotatable bonds is 2. The third-order valence-electron chi connectivity index (χ3n) is 3.98. The van der Waals surface area contributed by atoms with Gasteiger partial charge in [-0.05, 0) is 45.7 Å². The molecule has 0 bridgehead atoms. The molecule has 0 saturated carbocycles. The molecule has 0 saturated heterocycles. The number of nitrogens with zero attached hydrogens (tertiary/aromatic N) is 2. The van der Waals surface area contributed by atoms with E-state index >= 15 is 0 Å². The van der Waals surface area contributed by atoms with Crippen molar-refractivity contribution >= 4 is 0 Å². The van der Waals surface area contributed by atoms with Crippen molar-refractivity contribution in [1.29, 1.82) is 0 Å². The monoisotopic (exact) mass is 249 g/mol. The number of nitrogens with one attached hydrogen (secondary N) is 1. The van der Waals surface area contributed by atoms with Crippen molar-refractivity contribution < 1.29 is 0 Å². The molecule has 0 spiro atoms. The Morgan fingerprint density at radius 2 is 2.06 bits per heavy atom. The molecule has 1 aromatic heterocycles. The molecule has 0 aromatic carbocycles. The van der Waals surface area contributed by atoms with Crippen LogP contribution in [0.1, 0.15) is 50.3 Å². The lowest BCUT2D eigenvalue weighted by Crippen LogP contribution is -2.32. The molecular weight excluding hydrogens is 226 g/mol. The van der Waals surface area contributed by atoms with Crippen LogP contribution in [0.15, 0.2) is 4.79 Å². The Morgan fingerprint density at radius 1 is 1.39 bits per heavy atom. The van der Waals surface area contributed by atoms with Gasteiger partial charge in [0.1, 0.15) is 5.82 Å². The second-order valence-electron chi connectivity index (χ2n) is 6.36. The molecule has 1 aromatic rings. The van der Waals surface area contributed by atoms with Crippen LogP contribution in [-0.4, -0.2) is 29.0 Å². The molecule has 1 atom stereocenters. The molecule has 0 fully saturated rings.